The van der Waals surface area contributed by atoms with Gasteiger partial charge in [0, 0.05) is 31.7 Å². The Morgan fingerprint density at radius 1 is 1.19 bits per heavy atom. The highest BCUT2D eigenvalue weighted by molar-refractivity contribution is 4.89. The Balaban J connectivity index is 2.54. The van der Waals surface area contributed by atoms with Gasteiger partial charge in [0.15, 0.2) is 0 Å². The molecule has 0 aromatic rings. The highest BCUT2D eigenvalue weighted by atomic mass is 16.5. The van der Waals surface area contributed by atoms with Gasteiger partial charge in [0.2, 0.25) is 0 Å². The Morgan fingerprint density at radius 2 is 1.90 bits per heavy atom. The molecule has 0 bridgehead atoms. The molecule has 1 rings (SSSR count). The summed E-state index contributed by atoms with van der Waals surface area (Å²) in [5.41, 5.74) is 0.330. The zero-order valence-electron chi connectivity index (χ0n) is 15.1. The summed E-state index contributed by atoms with van der Waals surface area (Å²) in [6.07, 6.45) is 3.79. The number of hydrogen-bond donors (Lipinski definition) is 1. The van der Waals surface area contributed by atoms with Gasteiger partial charge in [-0.3, -0.25) is 0 Å². The van der Waals surface area contributed by atoms with Gasteiger partial charge in [-0.15, -0.1) is 0 Å². The topological polar surface area (TPSA) is 24.5 Å². The summed E-state index contributed by atoms with van der Waals surface area (Å²) in [5, 5.41) is 3.67. The molecule has 1 aliphatic rings. The second-order valence-corrected chi connectivity index (χ2v) is 7.34. The van der Waals surface area contributed by atoms with Gasteiger partial charge in [0.1, 0.15) is 0 Å². The quantitative estimate of drug-likeness (QED) is 0.633. The molecule has 0 aromatic heterocycles. The summed E-state index contributed by atoms with van der Waals surface area (Å²) in [6.45, 7) is 19.2. The van der Waals surface area contributed by atoms with Crippen molar-refractivity contribution in [2.45, 2.75) is 53.9 Å². The molecule has 0 aromatic carbocycles. The normalized spacial score (nSPS) is 22.9. The first-order valence-electron chi connectivity index (χ1n) is 9.06. The van der Waals surface area contributed by atoms with Crippen molar-refractivity contribution in [3.63, 3.8) is 0 Å². The SMILES string of the molecule is CCC(CC)CN(CC)CC1(CNCC(C)C)CCOC1. The van der Waals surface area contributed by atoms with Crippen molar-refractivity contribution in [2.24, 2.45) is 17.3 Å². The molecule has 3 nitrogen and oxygen atoms in total. The van der Waals surface area contributed by atoms with Crippen LogP contribution in [0.2, 0.25) is 0 Å². The molecule has 126 valence electrons. The van der Waals surface area contributed by atoms with E-state index in [4.69, 9.17) is 4.74 Å². The summed E-state index contributed by atoms with van der Waals surface area (Å²) in [6, 6.07) is 0. The van der Waals surface area contributed by atoms with Crippen LogP contribution in [0, 0.1) is 17.3 Å². The standard InChI is InChI=1S/C18H38N2O/c1-6-17(7-2)12-20(8-3)14-18(9-10-21-15-18)13-19-11-16(4)5/h16-17,19H,6-15H2,1-5H3. The lowest BCUT2D eigenvalue weighted by Crippen LogP contribution is -2.46. The highest BCUT2D eigenvalue weighted by Gasteiger charge is 2.36. The molecule has 0 amide bonds. The first-order valence-corrected chi connectivity index (χ1v) is 9.06. The molecule has 1 aliphatic heterocycles. The molecule has 1 N–H and O–H groups in total. The van der Waals surface area contributed by atoms with Crippen LogP contribution in [0.15, 0.2) is 0 Å². The summed E-state index contributed by atoms with van der Waals surface area (Å²) in [4.78, 5) is 2.66. The van der Waals surface area contributed by atoms with E-state index >= 15 is 0 Å². The Kier molecular flexibility index (Phi) is 8.84. The lowest BCUT2D eigenvalue weighted by atomic mass is 9.85. The van der Waals surface area contributed by atoms with Crippen molar-refractivity contribution < 1.29 is 4.74 Å². The zero-order valence-corrected chi connectivity index (χ0v) is 15.1. The second kappa shape index (κ2) is 9.81. The van der Waals surface area contributed by atoms with Crippen molar-refractivity contribution in [1.29, 1.82) is 0 Å². The molecule has 0 aliphatic carbocycles. The monoisotopic (exact) mass is 298 g/mol. The summed E-state index contributed by atoms with van der Waals surface area (Å²) in [7, 11) is 0. The highest BCUT2D eigenvalue weighted by Crippen LogP contribution is 2.29. The molecule has 3 heteroatoms. The van der Waals surface area contributed by atoms with Gasteiger partial charge in [-0.25, -0.2) is 0 Å². The van der Waals surface area contributed by atoms with Gasteiger partial charge in [-0.1, -0.05) is 47.5 Å². The molecule has 1 heterocycles. The predicted octanol–water partition coefficient (Wildman–Crippen LogP) is 3.40. The minimum Gasteiger partial charge on any atom is -0.381 e. The average Bonchev–Trinajstić information content (AvgIpc) is 2.91. The number of ether oxygens (including phenoxy) is 1. The largest absolute Gasteiger partial charge is 0.381 e. The molecule has 1 saturated heterocycles. The van der Waals surface area contributed by atoms with Crippen molar-refractivity contribution in [2.75, 3.05) is 45.9 Å². The Morgan fingerprint density at radius 3 is 2.38 bits per heavy atom. The van der Waals surface area contributed by atoms with Crippen LogP contribution in [-0.2, 0) is 4.74 Å². The van der Waals surface area contributed by atoms with E-state index in [1.54, 1.807) is 0 Å². The van der Waals surface area contributed by atoms with E-state index in [0.717, 1.165) is 44.7 Å². The predicted molar refractivity (Wildman–Crippen MR) is 91.8 cm³/mol. The Hall–Kier alpha value is -0.120. The zero-order chi connectivity index (χ0) is 15.7. The molecule has 1 atom stereocenters. The first kappa shape index (κ1) is 18.9. The van der Waals surface area contributed by atoms with Crippen molar-refractivity contribution in [1.82, 2.24) is 10.2 Å². The maximum absolute atomic E-state index is 5.75. The van der Waals surface area contributed by atoms with Crippen molar-refractivity contribution in [3.8, 4) is 0 Å². The third kappa shape index (κ3) is 6.66. The Labute approximate surface area is 132 Å². The van der Waals surface area contributed by atoms with E-state index in [1.165, 1.54) is 32.4 Å². The molecule has 21 heavy (non-hydrogen) atoms. The van der Waals surface area contributed by atoms with E-state index in [9.17, 15) is 0 Å². The average molecular weight is 299 g/mol. The third-order valence-corrected chi connectivity index (χ3v) is 4.91. The van der Waals surface area contributed by atoms with Gasteiger partial charge in [-0.05, 0) is 31.3 Å². The molecule has 1 fully saturated rings. The van der Waals surface area contributed by atoms with Crippen molar-refractivity contribution in [3.05, 3.63) is 0 Å². The lowest BCUT2D eigenvalue weighted by molar-refractivity contribution is 0.101. The third-order valence-electron chi connectivity index (χ3n) is 4.91. The minimum absolute atomic E-state index is 0.330. The number of rotatable bonds is 11. The van der Waals surface area contributed by atoms with Crippen LogP contribution in [0.25, 0.3) is 0 Å². The molecule has 0 radical (unpaired) electrons. The van der Waals surface area contributed by atoms with E-state index in [2.05, 4.69) is 44.8 Å². The van der Waals surface area contributed by atoms with Crippen LogP contribution in [0.4, 0.5) is 0 Å². The first-order chi connectivity index (χ1) is 10.0. The number of nitrogens with zero attached hydrogens (tertiary/aromatic N) is 1. The van der Waals surface area contributed by atoms with Crippen LogP contribution < -0.4 is 5.32 Å². The van der Waals surface area contributed by atoms with Crippen LogP contribution in [0.3, 0.4) is 0 Å². The van der Waals surface area contributed by atoms with Crippen LogP contribution in [0.5, 0.6) is 0 Å². The van der Waals surface area contributed by atoms with Gasteiger partial charge in [0.25, 0.3) is 0 Å². The van der Waals surface area contributed by atoms with Crippen LogP contribution in [-0.4, -0.2) is 50.8 Å². The van der Waals surface area contributed by atoms with Gasteiger partial charge >= 0.3 is 0 Å². The van der Waals surface area contributed by atoms with E-state index < -0.39 is 0 Å². The minimum atomic E-state index is 0.330. The van der Waals surface area contributed by atoms with E-state index in [-0.39, 0.29) is 0 Å². The summed E-state index contributed by atoms with van der Waals surface area (Å²) >= 11 is 0. The molecular formula is C18H38N2O. The fourth-order valence-corrected chi connectivity index (χ4v) is 3.29. The fraction of sp³-hybridized carbons (Fsp3) is 1.00. The lowest BCUT2D eigenvalue weighted by Gasteiger charge is -2.36. The maximum Gasteiger partial charge on any atom is 0.0547 e. The maximum atomic E-state index is 5.75. The van der Waals surface area contributed by atoms with E-state index in [0.29, 0.717) is 5.41 Å². The molecular weight excluding hydrogens is 260 g/mol. The summed E-state index contributed by atoms with van der Waals surface area (Å²) < 4.78 is 5.75. The van der Waals surface area contributed by atoms with E-state index in [1.807, 2.05) is 0 Å². The van der Waals surface area contributed by atoms with Crippen LogP contribution in [0.1, 0.15) is 53.9 Å². The smallest absolute Gasteiger partial charge is 0.0547 e. The van der Waals surface area contributed by atoms with Gasteiger partial charge < -0.3 is 15.0 Å². The van der Waals surface area contributed by atoms with Crippen LogP contribution >= 0.6 is 0 Å². The molecule has 0 spiro atoms. The van der Waals surface area contributed by atoms with Gasteiger partial charge in [-0.2, -0.15) is 0 Å². The van der Waals surface area contributed by atoms with Gasteiger partial charge in [0.05, 0.1) is 6.61 Å². The summed E-state index contributed by atoms with van der Waals surface area (Å²) in [5.74, 6) is 1.56. The number of hydrogen-bond acceptors (Lipinski definition) is 3. The molecule has 1 unspecified atom stereocenters. The number of nitrogens with one attached hydrogen (secondary N) is 1. The van der Waals surface area contributed by atoms with Crippen molar-refractivity contribution >= 4 is 0 Å². The molecule has 0 saturated carbocycles. The Bertz CT molecular complexity index is 258. The second-order valence-electron chi connectivity index (χ2n) is 7.34. The fourth-order valence-electron chi connectivity index (χ4n) is 3.29.